The molecule has 3 aromatic rings. The lowest BCUT2D eigenvalue weighted by molar-refractivity contribution is -0.136. The molecule has 182 valence electrons. The molecular weight excluding hydrogens is 434 g/mol. The summed E-state index contributed by atoms with van der Waals surface area (Å²) in [5.74, 6) is -0.190. The second-order valence-corrected chi connectivity index (χ2v) is 10.3. The zero-order valence-electron chi connectivity index (χ0n) is 21.2. The number of carbonyl (C=O) groups excluding carboxylic acids is 1. The van der Waals surface area contributed by atoms with Crippen molar-refractivity contribution in [2.45, 2.75) is 64.1 Å². The van der Waals surface area contributed by atoms with Crippen LogP contribution < -0.4 is 10.3 Å². The first-order valence-electron chi connectivity index (χ1n) is 12.2. The molecule has 1 heterocycles. The topological polar surface area (TPSA) is 64.9 Å². The summed E-state index contributed by atoms with van der Waals surface area (Å²) in [6.45, 7) is 11.3. The highest BCUT2D eigenvalue weighted by atomic mass is 16.3. The molecule has 0 spiro atoms. The average molecular weight is 470 g/mol. The van der Waals surface area contributed by atoms with Gasteiger partial charge in [0.25, 0.3) is 5.91 Å². The van der Waals surface area contributed by atoms with Crippen molar-refractivity contribution in [1.82, 2.24) is 5.43 Å². The highest BCUT2D eigenvalue weighted by molar-refractivity contribution is 5.91. The number of aliphatic hydroxyl groups is 1. The maximum absolute atomic E-state index is 13.2. The lowest BCUT2D eigenvalue weighted by Gasteiger charge is -2.50. The zero-order valence-corrected chi connectivity index (χ0v) is 21.2. The second kappa shape index (κ2) is 9.67. The number of hydrazone groups is 1. The van der Waals surface area contributed by atoms with Gasteiger partial charge in [-0.1, -0.05) is 73.7 Å². The van der Waals surface area contributed by atoms with Gasteiger partial charge in [-0.15, -0.1) is 0 Å². The fourth-order valence-electron chi connectivity index (χ4n) is 5.56. The summed E-state index contributed by atoms with van der Waals surface area (Å²) < 4.78 is 0. The zero-order chi connectivity index (χ0) is 25.2. The lowest BCUT2D eigenvalue weighted by Crippen LogP contribution is -2.51. The molecule has 3 aromatic carbocycles. The van der Waals surface area contributed by atoms with E-state index < -0.39 is 11.5 Å². The van der Waals surface area contributed by atoms with Gasteiger partial charge in [-0.3, -0.25) is 4.79 Å². The number of anilines is 1. The Bertz CT molecular complexity index is 1160. The Morgan fingerprint density at radius 1 is 1.06 bits per heavy atom. The monoisotopic (exact) mass is 469 g/mol. The summed E-state index contributed by atoms with van der Waals surface area (Å²) in [5.41, 5.74) is 5.22. The Labute approximate surface area is 208 Å². The molecule has 35 heavy (non-hydrogen) atoms. The number of hydrogen-bond acceptors (Lipinski definition) is 4. The van der Waals surface area contributed by atoms with E-state index in [-0.39, 0.29) is 5.54 Å². The van der Waals surface area contributed by atoms with Crippen LogP contribution in [0.4, 0.5) is 5.69 Å². The molecule has 1 amide bonds. The third-order valence-corrected chi connectivity index (χ3v) is 6.91. The van der Waals surface area contributed by atoms with Crippen LogP contribution in [0, 0.1) is 0 Å². The summed E-state index contributed by atoms with van der Waals surface area (Å²) in [5, 5.41) is 15.8. The molecule has 2 N–H and O–H groups in total. The third kappa shape index (κ3) is 4.73. The number of amides is 1. The highest BCUT2D eigenvalue weighted by Crippen LogP contribution is 2.44. The molecular formula is C30H35N3O2. The lowest BCUT2D eigenvalue weighted by atomic mass is 9.79. The van der Waals surface area contributed by atoms with Crippen molar-refractivity contribution in [2.75, 3.05) is 4.90 Å². The number of hydrogen-bond donors (Lipinski definition) is 2. The fourth-order valence-corrected chi connectivity index (χ4v) is 5.56. The van der Waals surface area contributed by atoms with E-state index >= 15 is 0 Å². The number of nitrogens with zero attached hydrogens (tertiary/aromatic N) is 2. The maximum atomic E-state index is 13.2. The van der Waals surface area contributed by atoms with Crippen molar-refractivity contribution < 1.29 is 9.90 Å². The van der Waals surface area contributed by atoms with Gasteiger partial charge in [0.15, 0.2) is 5.60 Å². The van der Waals surface area contributed by atoms with Gasteiger partial charge < -0.3 is 10.0 Å². The Hall–Kier alpha value is -3.44. The first kappa shape index (κ1) is 24.7. The van der Waals surface area contributed by atoms with Gasteiger partial charge in [0, 0.05) is 17.3 Å². The van der Waals surface area contributed by atoms with Crippen LogP contribution in [0.15, 0.2) is 84.0 Å². The molecule has 1 aliphatic heterocycles. The SMILES string of the molecule is CC1CC(C)(C)N(C(C)C)c2ccc(/C=N/NC(=O)C(O)(c3ccccc3)c3ccccc3)cc21. The number of fused-ring (bicyclic) bond motifs is 1. The van der Waals surface area contributed by atoms with E-state index in [1.165, 1.54) is 11.3 Å². The molecule has 1 unspecified atom stereocenters. The van der Waals surface area contributed by atoms with Crippen molar-refractivity contribution in [3.63, 3.8) is 0 Å². The Balaban J connectivity index is 1.59. The number of rotatable bonds is 6. The molecule has 4 rings (SSSR count). The molecule has 0 aliphatic carbocycles. The fraction of sp³-hybridized carbons (Fsp3) is 0.333. The van der Waals surface area contributed by atoms with Crippen LogP contribution in [0.1, 0.15) is 69.2 Å². The van der Waals surface area contributed by atoms with Crippen LogP contribution in [0.2, 0.25) is 0 Å². The van der Waals surface area contributed by atoms with E-state index in [1.54, 1.807) is 54.7 Å². The minimum absolute atomic E-state index is 0.0868. The summed E-state index contributed by atoms with van der Waals surface area (Å²) in [6, 6.07) is 24.6. The van der Waals surface area contributed by atoms with Gasteiger partial charge in [0.2, 0.25) is 0 Å². The number of nitrogens with one attached hydrogen (secondary N) is 1. The van der Waals surface area contributed by atoms with Crippen molar-refractivity contribution in [2.24, 2.45) is 5.10 Å². The van der Waals surface area contributed by atoms with Gasteiger partial charge in [0.1, 0.15) is 0 Å². The van der Waals surface area contributed by atoms with Crippen LogP contribution in [0.3, 0.4) is 0 Å². The largest absolute Gasteiger partial charge is 0.372 e. The van der Waals surface area contributed by atoms with Crippen molar-refractivity contribution >= 4 is 17.8 Å². The Kier molecular flexibility index (Phi) is 6.82. The number of benzene rings is 3. The van der Waals surface area contributed by atoms with Gasteiger partial charge >= 0.3 is 0 Å². The van der Waals surface area contributed by atoms with E-state index in [1.807, 2.05) is 18.2 Å². The molecule has 0 saturated heterocycles. The third-order valence-electron chi connectivity index (χ3n) is 6.91. The molecule has 5 nitrogen and oxygen atoms in total. The van der Waals surface area contributed by atoms with E-state index in [0.29, 0.717) is 23.1 Å². The van der Waals surface area contributed by atoms with Crippen LogP contribution in [-0.2, 0) is 10.4 Å². The number of carbonyl (C=O) groups is 1. The molecule has 0 aromatic heterocycles. The molecule has 5 heteroatoms. The second-order valence-electron chi connectivity index (χ2n) is 10.3. The van der Waals surface area contributed by atoms with Gasteiger partial charge in [-0.25, -0.2) is 5.43 Å². The molecule has 0 radical (unpaired) electrons. The molecule has 0 bridgehead atoms. The summed E-state index contributed by atoms with van der Waals surface area (Å²) in [6.07, 6.45) is 2.71. The maximum Gasteiger partial charge on any atom is 0.281 e. The van der Waals surface area contributed by atoms with Crippen molar-refractivity contribution in [3.05, 3.63) is 101 Å². The minimum Gasteiger partial charge on any atom is -0.372 e. The van der Waals surface area contributed by atoms with E-state index in [0.717, 1.165) is 12.0 Å². The molecule has 1 aliphatic rings. The van der Waals surface area contributed by atoms with E-state index in [4.69, 9.17) is 0 Å². The summed E-state index contributed by atoms with van der Waals surface area (Å²) >= 11 is 0. The first-order valence-corrected chi connectivity index (χ1v) is 12.2. The van der Waals surface area contributed by atoms with Gasteiger partial charge in [0.05, 0.1) is 6.21 Å². The first-order chi connectivity index (χ1) is 16.6. The van der Waals surface area contributed by atoms with E-state index in [9.17, 15) is 9.90 Å². The molecule has 0 saturated carbocycles. The predicted molar refractivity (Wildman–Crippen MR) is 143 cm³/mol. The quantitative estimate of drug-likeness (QED) is 0.366. The minimum atomic E-state index is -1.85. The van der Waals surface area contributed by atoms with Crippen LogP contribution in [0.25, 0.3) is 0 Å². The van der Waals surface area contributed by atoms with E-state index in [2.05, 4.69) is 62.2 Å². The van der Waals surface area contributed by atoms with Crippen molar-refractivity contribution in [3.8, 4) is 0 Å². The van der Waals surface area contributed by atoms with Crippen molar-refractivity contribution in [1.29, 1.82) is 0 Å². The molecule has 1 atom stereocenters. The van der Waals surface area contributed by atoms with Crippen LogP contribution in [0.5, 0.6) is 0 Å². The molecule has 0 fully saturated rings. The predicted octanol–water partition coefficient (Wildman–Crippen LogP) is 5.57. The average Bonchev–Trinajstić information content (AvgIpc) is 2.84. The standard InChI is InChI=1S/C30H35N3O2/c1-21(2)33-27-17-16-23(18-26(27)22(3)19-29(33,4)5)20-31-32-28(34)30(35,24-12-8-6-9-13-24)25-14-10-7-11-15-25/h6-18,20-22,35H,19H2,1-5H3,(H,32,34)/b31-20+. The Morgan fingerprint density at radius 3 is 2.17 bits per heavy atom. The summed E-state index contributed by atoms with van der Waals surface area (Å²) in [4.78, 5) is 15.7. The normalized spacial score (nSPS) is 17.5. The van der Waals surface area contributed by atoms with Crippen LogP contribution in [-0.4, -0.2) is 28.8 Å². The highest BCUT2D eigenvalue weighted by Gasteiger charge is 2.40. The van der Waals surface area contributed by atoms with Gasteiger partial charge in [-0.2, -0.15) is 5.10 Å². The smallest absolute Gasteiger partial charge is 0.281 e. The van der Waals surface area contributed by atoms with Gasteiger partial charge in [-0.05, 0) is 74.4 Å². The van der Waals surface area contributed by atoms with Crippen LogP contribution >= 0.6 is 0 Å². The Morgan fingerprint density at radius 2 is 1.63 bits per heavy atom. The summed E-state index contributed by atoms with van der Waals surface area (Å²) in [7, 11) is 0.